The van der Waals surface area contributed by atoms with E-state index in [0.717, 1.165) is 50.5 Å². The molecule has 0 spiro atoms. The zero-order valence-electron chi connectivity index (χ0n) is 19.0. The van der Waals surface area contributed by atoms with Crippen molar-refractivity contribution in [1.82, 2.24) is 19.5 Å². The van der Waals surface area contributed by atoms with Gasteiger partial charge in [0, 0.05) is 48.6 Å². The molecule has 0 atom stereocenters. The van der Waals surface area contributed by atoms with Crippen LogP contribution in [0.15, 0.2) is 67.0 Å². The van der Waals surface area contributed by atoms with E-state index in [1.807, 2.05) is 61.0 Å². The van der Waals surface area contributed by atoms with Crippen molar-refractivity contribution in [1.29, 1.82) is 0 Å². The highest BCUT2D eigenvalue weighted by molar-refractivity contribution is 6.09. The van der Waals surface area contributed by atoms with E-state index in [4.69, 9.17) is 4.74 Å². The second-order valence-corrected chi connectivity index (χ2v) is 8.40. The van der Waals surface area contributed by atoms with Crippen molar-refractivity contribution in [2.45, 2.75) is 13.5 Å². The number of nitrogens with one attached hydrogen (secondary N) is 1. The number of hydrogen-bond acceptors (Lipinski definition) is 7. The summed E-state index contributed by atoms with van der Waals surface area (Å²) < 4.78 is 8.00. The topological polar surface area (TPSA) is 108 Å². The van der Waals surface area contributed by atoms with Gasteiger partial charge >= 0.3 is 0 Å². The van der Waals surface area contributed by atoms with Gasteiger partial charge in [-0.25, -0.2) is 15.0 Å². The number of benzene rings is 2. The molecule has 6 rings (SSSR count). The largest absolute Gasteiger partial charge is 0.439 e. The van der Waals surface area contributed by atoms with E-state index in [9.17, 15) is 10.1 Å². The standard InChI is InChI=1S/C26H20N6O3/c1-15-5-3-8-21(30-15)35-19-9-10-20-17(12-19)13-27-25-23-22(20)24(31(2)26(23)29-14-28-25)16-6-4-7-18(11-16)32(33)34/h3-12,14H,13H2,1-2H3,(H,27,28,29). The molecule has 0 bridgehead atoms. The van der Waals surface area contributed by atoms with Crippen molar-refractivity contribution in [3.05, 3.63) is 88.4 Å². The van der Waals surface area contributed by atoms with Gasteiger partial charge in [0.1, 0.15) is 23.5 Å². The van der Waals surface area contributed by atoms with E-state index in [1.165, 1.54) is 12.4 Å². The van der Waals surface area contributed by atoms with Crippen molar-refractivity contribution in [3.63, 3.8) is 0 Å². The van der Waals surface area contributed by atoms with Gasteiger partial charge in [0.05, 0.1) is 16.0 Å². The van der Waals surface area contributed by atoms with E-state index in [-0.39, 0.29) is 10.6 Å². The van der Waals surface area contributed by atoms with Crippen molar-refractivity contribution in [2.75, 3.05) is 5.32 Å². The molecule has 2 aromatic carbocycles. The summed E-state index contributed by atoms with van der Waals surface area (Å²) in [5, 5.41) is 15.8. The summed E-state index contributed by atoms with van der Waals surface area (Å²) in [6, 6.07) is 18.2. The lowest BCUT2D eigenvalue weighted by Gasteiger charge is -2.13. The van der Waals surface area contributed by atoms with E-state index in [2.05, 4.69) is 20.3 Å². The molecule has 0 amide bonds. The summed E-state index contributed by atoms with van der Waals surface area (Å²) in [5.74, 6) is 1.92. The number of aryl methyl sites for hydroxylation is 2. The Balaban J connectivity index is 1.56. The predicted molar refractivity (Wildman–Crippen MR) is 132 cm³/mol. The number of rotatable bonds is 4. The zero-order chi connectivity index (χ0) is 24.1. The van der Waals surface area contributed by atoms with Gasteiger partial charge in [-0.1, -0.05) is 24.3 Å². The van der Waals surface area contributed by atoms with Gasteiger partial charge in [0.25, 0.3) is 5.69 Å². The minimum atomic E-state index is -0.381. The Kier molecular flexibility index (Phi) is 4.70. The number of aromatic nitrogens is 4. The molecule has 3 aromatic heterocycles. The van der Waals surface area contributed by atoms with Crippen LogP contribution in [-0.2, 0) is 13.6 Å². The summed E-state index contributed by atoms with van der Waals surface area (Å²) in [6.07, 6.45) is 1.53. The number of ether oxygens (including phenoxy) is 1. The highest BCUT2D eigenvalue weighted by Crippen LogP contribution is 2.46. The maximum absolute atomic E-state index is 11.5. The molecule has 9 nitrogen and oxygen atoms in total. The number of nitro groups is 1. The molecule has 0 saturated heterocycles. The Labute approximate surface area is 200 Å². The highest BCUT2D eigenvalue weighted by Gasteiger charge is 2.27. The van der Waals surface area contributed by atoms with Gasteiger partial charge in [-0.05, 0) is 36.2 Å². The Morgan fingerprint density at radius 1 is 1.09 bits per heavy atom. The van der Waals surface area contributed by atoms with E-state index >= 15 is 0 Å². The first-order chi connectivity index (χ1) is 17.0. The van der Waals surface area contributed by atoms with Gasteiger partial charge < -0.3 is 14.6 Å². The number of pyridine rings is 1. The van der Waals surface area contributed by atoms with Crippen LogP contribution in [0.3, 0.4) is 0 Å². The molecule has 0 unspecified atom stereocenters. The maximum atomic E-state index is 11.5. The van der Waals surface area contributed by atoms with Gasteiger partial charge in [-0.2, -0.15) is 0 Å². The number of nitrogens with zero attached hydrogens (tertiary/aromatic N) is 5. The molecule has 0 radical (unpaired) electrons. The molecular formula is C26H20N6O3. The van der Waals surface area contributed by atoms with Crippen LogP contribution in [0.2, 0.25) is 0 Å². The molecule has 1 N–H and O–H groups in total. The monoisotopic (exact) mass is 464 g/mol. The van der Waals surface area contributed by atoms with E-state index < -0.39 is 0 Å². The Hall–Kier alpha value is -4.79. The predicted octanol–water partition coefficient (Wildman–Crippen LogP) is 5.63. The van der Waals surface area contributed by atoms with Crippen LogP contribution < -0.4 is 10.1 Å². The quantitative estimate of drug-likeness (QED) is 0.271. The summed E-state index contributed by atoms with van der Waals surface area (Å²) in [4.78, 5) is 24.5. The number of anilines is 1. The van der Waals surface area contributed by atoms with Crippen molar-refractivity contribution >= 4 is 22.5 Å². The third kappa shape index (κ3) is 3.45. The molecule has 0 saturated carbocycles. The number of hydrogen-bond donors (Lipinski definition) is 1. The van der Waals surface area contributed by atoms with Crippen LogP contribution in [-0.4, -0.2) is 24.4 Å². The fraction of sp³-hybridized carbons (Fsp3) is 0.115. The summed E-state index contributed by atoms with van der Waals surface area (Å²) in [6.45, 7) is 2.45. The minimum absolute atomic E-state index is 0.0348. The normalized spacial score (nSPS) is 12.1. The Morgan fingerprint density at radius 2 is 1.94 bits per heavy atom. The second kappa shape index (κ2) is 7.91. The van der Waals surface area contributed by atoms with Crippen LogP contribution in [0.1, 0.15) is 11.3 Å². The first-order valence-corrected chi connectivity index (χ1v) is 11.1. The lowest BCUT2D eigenvalue weighted by atomic mass is 9.95. The summed E-state index contributed by atoms with van der Waals surface area (Å²) in [5.41, 5.74) is 6.15. The minimum Gasteiger partial charge on any atom is -0.439 e. The molecular weight excluding hydrogens is 444 g/mol. The lowest BCUT2D eigenvalue weighted by Crippen LogP contribution is -2.03. The third-order valence-electron chi connectivity index (χ3n) is 6.18. The molecule has 1 aliphatic rings. The zero-order valence-corrected chi connectivity index (χ0v) is 19.0. The van der Waals surface area contributed by atoms with Gasteiger partial charge in [-0.15, -0.1) is 0 Å². The first-order valence-electron chi connectivity index (χ1n) is 11.1. The smallest absolute Gasteiger partial charge is 0.270 e. The molecule has 5 aromatic rings. The SMILES string of the molecule is Cc1cccc(Oc2ccc3c(c2)CNc2ncnc4c2c-3c(-c2cccc([N+](=O)[O-])c2)n4C)n1. The van der Waals surface area contributed by atoms with Crippen molar-refractivity contribution in [3.8, 4) is 34.0 Å². The van der Waals surface area contributed by atoms with Gasteiger partial charge in [0.2, 0.25) is 5.88 Å². The second-order valence-electron chi connectivity index (χ2n) is 8.40. The van der Waals surface area contributed by atoms with Crippen LogP contribution in [0, 0.1) is 17.0 Å². The third-order valence-corrected chi connectivity index (χ3v) is 6.18. The van der Waals surface area contributed by atoms with E-state index in [0.29, 0.717) is 18.2 Å². The molecule has 0 aliphatic carbocycles. The van der Waals surface area contributed by atoms with Crippen LogP contribution in [0.5, 0.6) is 11.6 Å². The van der Waals surface area contributed by atoms with Crippen LogP contribution in [0.25, 0.3) is 33.4 Å². The summed E-state index contributed by atoms with van der Waals surface area (Å²) >= 11 is 0. The van der Waals surface area contributed by atoms with Gasteiger partial charge in [0.15, 0.2) is 0 Å². The molecule has 35 heavy (non-hydrogen) atoms. The van der Waals surface area contributed by atoms with E-state index in [1.54, 1.807) is 12.1 Å². The number of nitro benzene ring substituents is 1. The lowest BCUT2D eigenvalue weighted by molar-refractivity contribution is -0.384. The van der Waals surface area contributed by atoms with Crippen LogP contribution >= 0.6 is 0 Å². The average Bonchev–Trinajstić information content (AvgIpc) is 3.05. The van der Waals surface area contributed by atoms with Crippen molar-refractivity contribution < 1.29 is 9.66 Å². The van der Waals surface area contributed by atoms with Crippen LogP contribution in [0.4, 0.5) is 11.5 Å². The molecule has 0 fully saturated rings. The fourth-order valence-corrected chi connectivity index (χ4v) is 4.65. The number of fused-ring (bicyclic) bond motifs is 2. The van der Waals surface area contributed by atoms with Gasteiger partial charge in [-0.3, -0.25) is 10.1 Å². The number of non-ortho nitro benzene ring substituents is 1. The first kappa shape index (κ1) is 20.8. The maximum Gasteiger partial charge on any atom is 0.270 e. The molecule has 1 aliphatic heterocycles. The fourth-order valence-electron chi connectivity index (χ4n) is 4.65. The molecule has 172 valence electrons. The Bertz CT molecular complexity index is 1640. The molecule has 4 heterocycles. The Morgan fingerprint density at radius 3 is 2.77 bits per heavy atom. The highest BCUT2D eigenvalue weighted by atomic mass is 16.6. The summed E-state index contributed by atoms with van der Waals surface area (Å²) in [7, 11) is 1.92. The molecule has 9 heteroatoms. The van der Waals surface area contributed by atoms with Crippen molar-refractivity contribution in [2.24, 2.45) is 7.05 Å². The average molecular weight is 464 g/mol.